The summed E-state index contributed by atoms with van der Waals surface area (Å²) in [7, 11) is 3.14. The third kappa shape index (κ3) is 28.7. The topological polar surface area (TPSA) is 449 Å². The van der Waals surface area contributed by atoms with Crippen LogP contribution in [0.3, 0.4) is 0 Å². The molecule has 3 aliphatic heterocycles. The number of carbonyl (C=O) groups is 11. The van der Waals surface area contributed by atoms with Gasteiger partial charge in [-0.1, -0.05) is 24.3 Å². The molecule has 8 bridgehead atoms. The number of benzene rings is 4. The molecule has 110 heavy (non-hydrogen) atoms. The Bertz CT molecular complexity index is 3660. The van der Waals surface area contributed by atoms with Gasteiger partial charge in [0.25, 0.3) is 59.1 Å². The van der Waals surface area contributed by atoms with Crippen molar-refractivity contribution >= 4 is 65.0 Å². The average molecular weight is 1540 g/mol. The van der Waals surface area contributed by atoms with Crippen LogP contribution < -0.4 is 47.9 Å². The molecule has 0 aromatic heterocycles. The van der Waals surface area contributed by atoms with E-state index in [1.807, 2.05) is 19.6 Å². The molecule has 0 spiro atoms. The quantitative estimate of drug-likeness (QED) is 0.0229. The molecule has 4 aromatic rings. The number of amides is 11. The molecule has 0 saturated heterocycles. The van der Waals surface area contributed by atoms with Crippen molar-refractivity contribution in [2.75, 3.05) is 218 Å². The molecular formula is C75H104N14O21. The second kappa shape index (κ2) is 47.7. The lowest BCUT2D eigenvalue weighted by Crippen LogP contribution is -2.49. The molecule has 0 fully saturated rings. The highest BCUT2D eigenvalue weighted by molar-refractivity contribution is 6.13. The molecule has 0 radical (unpaired) electrons. The number of imide groups is 1. The Labute approximate surface area is 638 Å². The van der Waals surface area contributed by atoms with E-state index in [0.717, 1.165) is 17.1 Å². The van der Waals surface area contributed by atoms with Crippen molar-refractivity contribution in [3.63, 3.8) is 0 Å². The third-order valence-electron chi connectivity index (χ3n) is 18.1. The number of phenolic OH excluding ortho intramolecular Hbond substituents is 4. The molecule has 0 aliphatic carbocycles. The summed E-state index contributed by atoms with van der Waals surface area (Å²) in [4.78, 5) is 158. The van der Waals surface area contributed by atoms with Crippen molar-refractivity contribution in [2.45, 2.75) is 31.7 Å². The van der Waals surface area contributed by atoms with E-state index in [0.29, 0.717) is 72.2 Å². The molecule has 1 atom stereocenters. The van der Waals surface area contributed by atoms with Gasteiger partial charge in [-0.15, -0.1) is 0 Å². The second-order valence-corrected chi connectivity index (χ2v) is 25.8. The number of para-hydroxylation sites is 4. The highest BCUT2D eigenvalue weighted by Gasteiger charge is 2.28. The molecular weight excluding hydrogens is 1430 g/mol. The number of aromatic hydroxyl groups is 4. The van der Waals surface area contributed by atoms with Crippen LogP contribution in [-0.2, 0) is 42.8 Å². The van der Waals surface area contributed by atoms with Gasteiger partial charge < -0.3 is 96.7 Å². The van der Waals surface area contributed by atoms with Crippen molar-refractivity contribution in [1.29, 1.82) is 0 Å². The van der Waals surface area contributed by atoms with Gasteiger partial charge in [0, 0.05) is 176 Å². The van der Waals surface area contributed by atoms with E-state index in [9.17, 15) is 73.2 Å². The van der Waals surface area contributed by atoms with Gasteiger partial charge in [0.15, 0.2) is 0 Å². The van der Waals surface area contributed by atoms with Crippen molar-refractivity contribution in [2.24, 2.45) is 0 Å². The van der Waals surface area contributed by atoms with E-state index in [-0.39, 0.29) is 202 Å². The summed E-state index contributed by atoms with van der Waals surface area (Å²) in [5, 5.41) is 71.7. The van der Waals surface area contributed by atoms with E-state index in [1.165, 1.54) is 72.8 Å². The van der Waals surface area contributed by atoms with Crippen LogP contribution in [0, 0.1) is 0 Å². The first-order valence-electron chi connectivity index (χ1n) is 36.8. The fourth-order valence-electron chi connectivity index (χ4n) is 12.0. The largest absolute Gasteiger partial charge is 0.506 e. The lowest BCUT2D eigenvalue weighted by molar-refractivity contribution is -0.137. The normalized spacial score (nSPS) is 17.5. The molecule has 7 rings (SSSR count). The molecule has 13 N–H and O–H groups in total. The zero-order valence-electron chi connectivity index (χ0n) is 62.4. The monoisotopic (exact) mass is 1540 g/mol. The molecule has 35 heteroatoms. The van der Waals surface area contributed by atoms with Gasteiger partial charge in [-0.3, -0.25) is 77.2 Å². The Kier molecular flexibility index (Phi) is 37.7. The molecule has 0 saturated carbocycles. The van der Waals surface area contributed by atoms with Crippen LogP contribution in [0.1, 0.15) is 109 Å². The number of methoxy groups -OCH3 is 2. The maximum Gasteiger partial charge on any atom is 0.255 e. The Morgan fingerprint density at radius 1 is 0.382 bits per heavy atom. The number of phenols is 4. The van der Waals surface area contributed by atoms with Crippen LogP contribution >= 0.6 is 0 Å². The summed E-state index contributed by atoms with van der Waals surface area (Å²) in [6, 6.07) is 15.9. The summed E-state index contributed by atoms with van der Waals surface area (Å²) in [5.41, 5.74) is -1.57. The fourth-order valence-corrected chi connectivity index (χ4v) is 12.0. The van der Waals surface area contributed by atoms with Crippen LogP contribution in [-0.4, -0.2) is 334 Å². The van der Waals surface area contributed by atoms with E-state index in [2.05, 4.69) is 47.9 Å². The highest BCUT2D eigenvalue weighted by Crippen LogP contribution is 2.27. The van der Waals surface area contributed by atoms with Crippen LogP contribution in [0.25, 0.3) is 0 Å². The average Bonchev–Trinajstić information content (AvgIpc) is 1.09. The summed E-state index contributed by atoms with van der Waals surface area (Å²) >= 11 is 0. The minimum Gasteiger partial charge on any atom is -0.506 e. The first-order chi connectivity index (χ1) is 53.3. The number of hydrogen-bond donors (Lipinski definition) is 13. The highest BCUT2D eigenvalue weighted by atomic mass is 16.5. The van der Waals surface area contributed by atoms with Crippen molar-refractivity contribution in [1.82, 2.24) is 72.4 Å². The first kappa shape index (κ1) is 87.0. The van der Waals surface area contributed by atoms with E-state index >= 15 is 0 Å². The van der Waals surface area contributed by atoms with E-state index < -0.39 is 94.0 Å². The molecule has 4 aromatic carbocycles. The second-order valence-electron chi connectivity index (χ2n) is 25.8. The number of carbonyl (C=O) groups excluding carboxylic acids is 11. The minimum absolute atomic E-state index is 0.0267. The predicted octanol–water partition coefficient (Wildman–Crippen LogP) is -0.987. The van der Waals surface area contributed by atoms with Gasteiger partial charge in [0.05, 0.1) is 111 Å². The van der Waals surface area contributed by atoms with Crippen molar-refractivity contribution < 1.29 is 102 Å². The molecule has 35 nitrogen and oxygen atoms in total. The van der Waals surface area contributed by atoms with E-state index in [1.54, 1.807) is 14.2 Å². The number of fused-ring (bicyclic) bond motifs is 8. The van der Waals surface area contributed by atoms with Gasteiger partial charge in [-0.05, 0) is 67.8 Å². The Morgan fingerprint density at radius 3 is 1.01 bits per heavy atom. The van der Waals surface area contributed by atoms with Crippen LogP contribution in [0.15, 0.2) is 84.9 Å². The standard InChI is InChI=1S/C75H104N14O21/c1-105-43-45-109-49-47-107-41-39-86-32-24-79-70(99)55-12-5-10-53(64(55)93)68(97)77-22-30-85(31-23-78-69(98)54-11-6-13-56(65(54)94)71(100)80-25-33-86)37-38-88-36-28-83-73(102)58-15-7-14-57(66(58)95)72(101)81-26-34-87(40-42-108-48-50-110-46-44-106-2)35-27-82-74(103)59-16-8-17-60(67(59)96)75(104)84-52(51-88)9-3-4-21-76-61(90)20-29-89-62(91)18-19-63(89)92/h5-8,10-19,52,93-96H,3-4,9,20-51H2,1-2H3,(H,76,90)(H,77,97)(H,78,98)(H,79,99)(H,80,100)(H,81,101)(H,82,103)(H,83,102)(H,84,104). The lowest BCUT2D eigenvalue weighted by Gasteiger charge is -2.31. The number of rotatable bonds is 29. The van der Waals surface area contributed by atoms with Gasteiger partial charge in [-0.2, -0.15) is 0 Å². The molecule has 3 aliphatic rings. The van der Waals surface area contributed by atoms with Crippen LogP contribution in [0.5, 0.6) is 23.0 Å². The van der Waals surface area contributed by atoms with Gasteiger partial charge >= 0.3 is 0 Å². The zero-order chi connectivity index (χ0) is 79.0. The molecule has 11 amide bonds. The van der Waals surface area contributed by atoms with Crippen LogP contribution in [0.2, 0.25) is 0 Å². The smallest absolute Gasteiger partial charge is 0.255 e. The summed E-state index contributed by atoms with van der Waals surface area (Å²) in [5.74, 6) is -9.46. The first-order valence-corrected chi connectivity index (χ1v) is 36.8. The molecule has 3 heterocycles. The summed E-state index contributed by atoms with van der Waals surface area (Å²) in [6.45, 7) is 5.70. The summed E-state index contributed by atoms with van der Waals surface area (Å²) < 4.78 is 32.5. The van der Waals surface area contributed by atoms with Gasteiger partial charge in [-0.25, -0.2) is 0 Å². The Morgan fingerprint density at radius 2 is 0.673 bits per heavy atom. The van der Waals surface area contributed by atoms with Crippen molar-refractivity contribution in [3.8, 4) is 23.0 Å². The minimum atomic E-state index is -0.790. The maximum absolute atomic E-state index is 14.7. The molecule has 1 unspecified atom stereocenters. The summed E-state index contributed by atoms with van der Waals surface area (Å²) in [6.07, 6.45) is 3.07. The SMILES string of the molecule is COCCOCCOCCN1CCNC(=O)c2cccc(c2O)C(=O)NCCN(CCN2CCNC(=O)c3cccc(c3O)C(=O)NCCN(CCOCCOCCOC)CCNC(=O)c3cccc(c3O)C(=O)NC(CCCCNC(=O)CCN3C(=O)C=CC3=O)C2)CCNC(=O)c2cccc(c2O)C(=O)NCC1. The van der Waals surface area contributed by atoms with Gasteiger partial charge in [0.2, 0.25) is 5.91 Å². The predicted molar refractivity (Wildman–Crippen MR) is 400 cm³/mol. The maximum atomic E-state index is 14.7. The van der Waals surface area contributed by atoms with E-state index in [4.69, 9.17) is 28.4 Å². The number of ether oxygens (including phenoxy) is 6. The lowest BCUT2D eigenvalue weighted by atomic mass is 10.0. The van der Waals surface area contributed by atoms with Gasteiger partial charge in [0.1, 0.15) is 23.0 Å². The number of nitrogens with one attached hydrogen (secondary N) is 9. The Balaban J connectivity index is 1.14. The number of unbranched alkanes of at least 4 members (excludes halogenated alkanes) is 1. The third-order valence-corrected chi connectivity index (χ3v) is 18.1. The molecule has 600 valence electrons. The van der Waals surface area contributed by atoms with Crippen LogP contribution in [0.4, 0.5) is 0 Å². The van der Waals surface area contributed by atoms with Crippen molar-refractivity contribution in [3.05, 3.63) is 129 Å². The number of nitrogens with zero attached hydrogens (tertiary/aromatic N) is 5. The zero-order valence-corrected chi connectivity index (χ0v) is 62.4. The Hall–Kier alpha value is -10.2. The number of hydrogen-bond acceptors (Lipinski definition) is 25. The fraction of sp³-hybridized carbons (Fsp3) is 0.507.